The molecule has 0 heterocycles. The Balaban J connectivity index is 2.40. The van der Waals surface area contributed by atoms with Gasteiger partial charge in [-0.25, -0.2) is 0 Å². The zero-order valence-corrected chi connectivity index (χ0v) is 9.50. The molecule has 2 heteroatoms. The molecule has 2 nitrogen and oxygen atoms in total. The second-order valence-electron chi connectivity index (χ2n) is 3.99. The Hall–Kier alpha value is -0.340. The van der Waals surface area contributed by atoms with Crippen molar-refractivity contribution in [2.45, 2.75) is 45.6 Å². The van der Waals surface area contributed by atoms with Crippen molar-refractivity contribution < 1.29 is 5.11 Å². The van der Waals surface area contributed by atoms with Crippen LogP contribution >= 0.6 is 0 Å². The van der Waals surface area contributed by atoms with Crippen molar-refractivity contribution >= 4 is 0 Å². The minimum absolute atomic E-state index is 0.307. The second-order valence-corrected chi connectivity index (χ2v) is 3.99. The van der Waals surface area contributed by atoms with Gasteiger partial charge in [0.25, 0.3) is 0 Å². The van der Waals surface area contributed by atoms with Gasteiger partial charge in [0.15, 0.2) is 0 Å². The zero-order valence-electron chi connectivity index (χ0n) is 9.50. The molecule has 0 radical (unpaired) electrons. The first-order chi connectivity index (χ1) is 6.81. The summed E-state index contributed by atoms with van der Waals surface area (Å²) in [6.07, 6.45) is 6.85. The quantitative estimate of drug-likeness (QED) is 0.683. The van der Waals surface area contributed by atoms with Gasteiger partial charge in [-0.15, -0.1) is 0 Å². The molecule has 1 aliphatic carbocycles. The summed E-state index contributed by atoms with van der Waals surface area (Å²) in [6, 6.07) is 0.743. The molecule has 0 bridgehead atoms. The van der Waals surface area contributed by atoms with Crippen LogP contribution in [-0.2, 0) is 0 Å². The molecule has 1 aliphatic rings. The van der Waals surface area contributed by atoms with E-state index in [9.17, 15) is 0 Å². The largest absolute Gasteiger partial charge is 0.396 e. The monoisotopic (exact) mass is 197 g/mol. The predicted octanol–water partition coefficient (Wildman–Crippen LogP) is 2.19. The summed E-state index contributed by atoms with van der Waals surface area (Å²) in [5.41, 5.74) is 1.45. The average Bonchev–Trinajstić information content (AvgIpc) is 2.23. The van der Waals surface area contributed by atoms with E-state index in [1.165, 1.54) is 24.8 Å². The van der Waals surface area contributed by atoms with Gasteiger partial charge in [0.05, 0.1) is 0 Å². The third kappa shape index (κ3) is 3.10. The lowest BCUT2D eigenvalue weighted by molar-refractivity contribution is 0.200. The zero-order chi connectivity index (χ0) is 10.4. The first-order valence-corrected chi connectivity index (χ1v) is 5.84. The Morgan fingerprint density at radius 2 is 2.14 bits per heavy atom. The normalized spacial score (nSPS) is 22.6. The van der Waals surface area contributed by atoms with Crippen LogP contribution in [0.5, 0.6) is 0 Å². The number of aliphatic hydroxyl groups excluding tert-OH is 1. The molecule has 1 atom stereocenters. The van der Waals surface area contributed by atoms with Crippen molar-refractivity contribution in [1.82, 2.24) is 4.90 Å². The lowest BCUT2D eigenvalue weighted by Gasteiger charge is -2.32. The minimum atomic E-state index is 0.307. The summed E-state index contributed by atoms with van der Waals surface area (Å²) in [5, 5.41) is 8.83. The standard InChI is InChI=1S/C12H23NO/c1-3-13(4-2)12-7-5-11(6-8-12)9-10-14/h5,12,14H,3-4,6-10H2,1-2H3. The van der Waals surface area contributed by atoms with E-state index in [4.69, 9.17) is 5.11 Å². The van der Waals surface area contributed by atoms with Crippen LogP contribution in [0.4, 0.5) is 0 Å². The van der Waals surface area contributed by atoms with Crippen LogP contribution in [0.2, 0.25) is 0 Å². The van der Waals surface area contributed by atoms with E-state index in [0.29, 0.717) is 6.61 Å². The van der Waals surface area contributed by atoms with E-state index < -0.39 is 0 Å². The predicted molar refractivity (Wildman–Crippen MR) is 60.3 cm³/mol. The fourth-order valence-corrected chi connectivity index (χ4v) is 2.32. The molecule has 82 valence electrons. The SMILES string of the molecule is CCN(CC)C1CC=C(CCO)CC1. The number of hydrogen-bond donors (Lipinski definition) is 1. The van der Waals surface area contributed by atoms with E-state index in [-0.39, 0.29) is 0 Å². The van der Waals surface area contributed by atoms with Crippen LogP contribution in [0.1, 0.15) is 39.5 Å². The Morgan fingerprint density at radius 3 is 2.57 bits per heavy atom. The van der Waals surface area contributed by atoms with Gasteiger partial charge in [0, 0.05) is 12.6 Å². The molecule has 0 saturated carbocycles. The van der Waals surface area contributed by atoms with E-state index in [0.717, 1.165) is 25.6 Å². The average molecular weight is 197 g/mol. The van der Waals surface area contributed by atoms with E-state index >= 15 is 0 Å². The number of aliphatic hydroxyl groups is 1. The molecule has 0 spiro atoms. The highest BCUT2D eigenvalue weighted by Crippen LogP contribution is 2.23. The van der Waals surface area contributed by atoms with Crippen molar-refractivity contribution in [3.63, 3.8) is 0 Å². The van der Waals surface area contributed by atoms with Gasteiger partial charge in [-0.05, 0) is 38.8 Å². The molecule has 0 fully saturated rings. The van der Waals surface area contributed by atoms with Crippen molar-refractivity contribution in [3.8, 4) is 0 Å². The van der Waals surface area contributed by atoms with Crippen LogP contribution in [0, 0.1) is 0 Å². The van der Waals surface area contributed by atoms with Crippen LogP contribution in [0.25, 0.3) is 0 Å². The topological polar surface area (TPSA) is 23.5 Å². The molecule has 1 N–H and O–H groups in total. The van der Waals surface area contributed by atoms with Gasteiger partial charge in [0.2, 0.25) is 0 Å². The molecule has 0 aromatic heterocycles. The summed E-state index contributed by atoms with van der Waals surface area (Å²) in [5.74, 6) is 0. The summed E-state index contributed by atoms with van der Waals surface area (Å²) >= 11 is 0. The highest BCUT2D eigenvalue weighted by Gasteiger charge is 2.18. The Bertz CT molecular complexity index is 185. The maximum atomic E-state index is 8.83. The summed E-state index contributed by atoms with van der Waals surface area (Å²) in [6.45, 7) is 7.09. The van der Waals surface area contributed by atoms with Gasteiger partial charge in [-0.1, -0.05) is 25.5 Å². The smallest absolute Gasteiger partial charge is 0.0468 e. The first kappa shape index (κ1) is 11.7. The van der Waals surface area contributed by atoms with Crippen molar-refractivity contribution in [2.75, 3.05) is 19.7 Å². The maximum absolute atomic E-state index is 8.83. The molecule has 0 aromatic carbocycles. The summed E-state index contributed by atoms with van der Waals surface area (Å²) < 4.78 is 0. The van der Waals surface area contributed by atoms with E-state index in [1.54, 1.807) is 0 Å². The van der Waals surface area contributed by atoms with Gasteiger partial charge in [-0.3, -0.25) is 0 Å². The first-order valence-electron chi connectivity index (χ1n) is 5.84. The van der Waals surface area contributed by atoms with Crippen LogP contribution in [-0.4, -0.2) is 35.7 Å². The molecule has 0 saturated heterocycles. The molecular formula is C12H23NO. The van der Waals surface area contributed by atoms with Crippen LogP contribution < -0.4 is 0 Å². The Morgan fingerprint density at radius 1 is 1.43 bits per heavy atom. The minimum Gasteiger partial charge on any atom is -0.396 e. The highest BCUT2D eigenvalue weighted by atomic mass is 16.2. The molecule has 0 amide bonds. The van der Waals surface area contributed by atoms with Crippen LogP contribution in [0.15, 0.2) is 11.6 Å². The summed E-state index contributed by atoms with van der Waals surface area (Å²) in [7, 11) is 0. The van der Waals surface area contributed by atoms with Crippen molar-refractivity contribution in [2.24, 2.45) is 0 Å². The lowest BCUT2D eigenvalue weighted by atomic mass is 9.92. The number of nitrogens with zero attached hydrogens (tertiary/aromatic N) is 1. The molecule has 14 heavy (non-hydrogen) atoms. The maximum Gasteiger partial charge on any atom is 0.0468 e. The third-order valence-corrected chi connectivity index (χ3v) is 3.24. The number of rotatable bonds is 5. The second kappa shape index (κ2) is 6.20. The molecule has 1 unspecified atom stereocenters. The lowest BCUT2D eigenvalue weighted by Crippen LogP contribution is -2.35. The van der Waals surface area contributed by atoms with Gasteiger partial charge >= 0.3 is 0 Å². The fraction of sp³-hybridized carbons (Fsp3) is 0.833. The molecule has 1 rings (SSSR count). The van der Waals surface area contributed by atoms with Gasteiger partial charge < -0.3 is 10.0 Å². The van der Waals surface area contributed by atoms with Gasteiger partial charge in [0.1, 0.15) is 0 Å². The fourth-order valence-electron chi connectivity index (χ4n) is 2.32. The number of hydrogen-bond acceptors (Lipinski definition) is 2. The van der Waals surface area contributed by atoms with Crippen molar-refractivity contribution in [1.29, 1.82) is 0 Å². The van der Waals surface area contributed by atoms with Crippen LogP contribution in [0.3, 0.4) is 0 Å². The van der Waals surface area contributed by atoms with E-state index in [1.807, 2.05) is 0 Å². The molecule has 0 aromatic rings. The molecular weight excluding hydrogens is 174 g/mol. The van der Waals surface area contributed by atoms with E-state index in [2.05, 4.69) is 24.8 Å². The molecule has 0 aliphatic heterocycles. The Kier molecular flexibility index (Phi) is 5.20. The highest BCUT2D eigenvalue weighted by molar-refractivity contribution is 5.08. The van der Waals surface area contributed by atoms with Crippen molar-refractivity contribution in [3.05, 3.63) is 11.6 Å². The van der Waals surface area contributed by atoms with Gasteiger partial charge in [-0.2, -0.15) is 0 Å². The third-order valence-electron chi connectivity index (χ3n) is 3.24. The Labute approximate surface area is 87.6 Å². The summed E-state index contributed by atoms with van der Waals surface area (Å²) in [4.78, 5) is 2.53.